The second-order valence-electron chi connectivity index (χ2n) is 3.58. The van der Waals surface area contributed by atoms with Crippen molar-refractivity contribution < 1.29 is 9.90 Å². The predicted octanol–water partition coefficient (Wildman–Crippen LogP) is 3.28. The Labute approximate surface area is 112 Å². The van der Waals surface area contributed by atoms with Crippen LogP contribution in [0, 0.1) is 0 Å². The Balaban J connectivity index is 0.000000771. The first-order chi connectivity index (χ1) is 8.81. The zero-order chi connectivity index (χ0) is 13.4. The maximum absolute atomic E-state index is 11.2. The highest BCUT2D eigenvalue weighted by Gasteiger charge is 2.12. The van der Waals surface area contributed by atoms with Crippen LogP contribution in [0.2, 0.25) is 5.02 Å². The van der Waals surface area contributed by atoms with Crippen molar-refractivity contribution in [1.82, 2.24) is 0 Å². The van der Waals surface area contributed by atoms with Gasteiger partial charge in [-0.1, -0.05) is 54.1 Å². The van der Waals surface area contributed by atoms with Crippen molar-refractivity contribution in [2.75, 3.05) is 7.11 Å². The monoisotopic (exact) mass is 262 g/mol. The zero-order valence-corrected chi connectivity index (χ0v) is 10.8. The van der Waals surface area contributed by atoms with E-state index < -0.39 is 0 Å². The lowest BCUT2D eigenvalue weighted by atomic mass is 9.93. The lowest BCUT2D eigenvalue weighted by Crippen LogP contribution is -2.01. The van der Waals surface area contributed by atoms with Crippen molar-refractivity contribution >= 4 is 17.9 Å². The smallest absolute Gasteiger partial charge is 0.131 e. The minimum atomic E-state index is -0.236. The van der Waals surface area contributed by atoms with Gasteiger partial charge in [0.05, 0.1) is 5.92 Å². The van der Waals surface area contributed by atoms with Crippen molar-refractivity contribution in [3.8, 4) is 0 Å². The lowest BCUT2D eigenvalue weighted by molar-refractivity contribution is -0.108. The summed E-state index contributed by atoms with van der Waals surface area (Å²) in [4.78, 5) is 11.2. The number of aliphatic hydroxyl groups excluding tert-OH is 1. The summed E-state index contributed by atoms with van der Waals surface area (Å²) >= 11 is 5.92. The number of rotatable bonds is 3. The average molecular weight is 263 g/mol. The molecule has 2 nitrogen and oxygen atoms in total. The summed E-state index contributed by atoms with van der Waals surface area (Å²) in [6.45, 7) is 0. The average Bonchev–Trinajstić information content (AvgIpc) is 2.43. The van der Waals surface area contributed by atoms with Crippen molar-refractivity contribution in [1.29, 1.82) is 0 Å². The Morgan fingerprint density at radius 3 is 2.17 bits per heavy atom. The van der Waals surface area contributed by atoms with E-state index in [-0.39, 0.29) is 5.92 Å². The van der Waals surface area contributed by atoms with E-state index in [1.807, 2.05) is 48.5 Å². The number of halogens is 1. The molecule has 0 heterocycles. The quantitative estimate of drug-likeness (QED) is 0.862. The van der Waals surface area contributed by atoms with E-state index in [4.69, 9.17) is 16.7 Å². The van der Waals surface area contributed by atoms with Crippen LogP contribution < -0.4 is 0 Å². The van der Waals surface area contributed by atoms with Crippen LogP contribution in [-0.2, 0) is 4.79 Å². The van der Waals surface area contributed by atoms with Gasteiger partial charge in [0.1, 0.15) is 6.29 Å². The van der Waals surface area contributed by atoms with Crippen LogP contribution in [0.1, 0.15) is 17.0 Å². The molecule has 0 radical (unpaired) electrons. The molecular formula is C15H15ClO2. The molecule has 0 aliphatic carbocycles. The van der Waals surface area contributed by atoms with E-state index in [0.717, 1.165) is 24.5 Å². The standard InChI is InChI=1S/C14H11ClO.CH4O/c15-13-8-4-7-12(9-13)14(10-16)11-5-2-1-3-6-11;1-2/h1-10,14H;2H,1H3. The summed E-state index contributed by atoms with van der Waals surface area (Å²) in [6.07, 6.45) is 0.945. The van der Waals surface area contributed by atoms with Gasteiger partial charge in [0.15, 0.2) is 0 Å². The molecule has 18 heavy (non-hydrogen) atoms. The summed E-state index contributed by atoms with van der Waals surface area (Å²) in [5, 5.41) is 7.65. The van der Waals surface area contributed by atoms with E-state index in [0.29, 0.717) is 5.02 Å². The van der Waals surface area contributed by atoms with Gasteiger partial charge < -0.3 is 9.90 Å². The molecule has 0 aliphatic rings. The molecule has 1 unspecified atom stereocenters. The van der Waals surface area contributed by atoms with Gasteiger partial charge in [0.2, 0.25) is 0 Å². The summed E-state index contributed by atoms with van der Waals surface area (Å²) in [5.74, 6) is -0.236. The van der Waals surface area contributed by atoms with Crippen LogP contribution in [0.15, 0.2) is 54.6 Å². The van der Waals surface area contributed by atoms with Crippen LogP contribution in [-0.4, -0.2) is 18.5 Å². The van der Waals surface area contributed by atoms with Crippen LogP contribution in [0.4, 0.5) is 0 Å². The number of hydrogen-bond donors (Lipinski definition) is 1. The highest BCUT2D eigenvalue weighted by atomic mass is 35.5. The minimum absolute atomic E-state index is 0.236. The minimum Gasteiger partial charge on any atom is -0.400 e. The van der Waals surface area contributed by atoms with Gasteiger partial charge in [-0.2, -0.15) is 0 Å². The Hall–Kier alpha value is -1.64. The summed E-state index contributed by atoms with van der Waals surface area (Å²) in [5.41, 5.74) is 1.91. The molecule has 0 bridgehead atoms. The van der Waals surface area contributed by atoms with Crippen molar-refractivity contribution in [2.45, 2.75) is 5.92 Å². The maximum atomic E-state index is 11.2. The van der Waals surface area contributed by atoms with Gasteiger partial charge >= 0.3 is 0 Å². The number of carbonyl (C=O) groups is 1. The molecule has 2 aromatic rings. The van der Waals surface area contributed by atoms with Crippen LogP contribution in [0.25, 0.3) is 0 Å². The number of carbonyl (C=O) groups excluding carboxylic acids is 1. The molecule has 94 valence electrons. The fraction of sp³-hybridized carbons (Fsp3) is 0.133. The van der Waals surface area contributed by atoms with Gasteiger partial charge in [-0.15, -0.1) is 0 Å². The molecule has 0 aromatic heterocycles. The van der Waals surface area contributed by atoms with Gasteiger partial charge in [-0.25, -0.2) is 0 Å². The molecule has 1 N–H and O–H groups in total. The Morgan fingerprint density at radius 2 is 1.61 bits per heavy atom. The summed E-state index contributed by atoms with van der Waals surface area (Å²) in [6, 6.07) is 17.1. The molecular weight excluding hydrogens is 248 g/mol. The Bertz CT molecular complexity index is 483. The normalized spacial score (nSPS) is 11.1. The first kappa shape index (κ1) is 14.4. The number of hydrogen-bond acceptors (Lipinski definition) is 2. The fourth-order valence-electron chi connectivity index (χ4n) is 1.71. The van der Waals surface area contributed by atoms with Crippen LogP contribution in [0.3, 0.4) is 0 Å². The largest absolute Gasteiger partial charge is 0.400 e. The van der Waals surface area contributed by atoms with Gasteiger partial charge in [0.25, 0.3) is 0 Å². The molecule has 1 atom stereocenters. The third-order valence-electron chi connectivity index (χ3n) is 2.50. The summed E-state index contributed by atoms with van der Waals surface area (Å²) < 4.78 is 0. The van der Waals surface area contributed by atoms with E-state index in [2.05, 4.69) is 0 Å². The summed E-state index contributed by atoms with van der Waals surface area (Å²) in [7, 11) is 1.00. The second-order valence-corrected chi connectivity index (χ2v) is 4.02. The van der Waals surface area contributed by atoms with Crippen LogP contribution >= 0.6 is 11.6 Å². The van der Waals surface area contributed by atoms with Gasteiger partial charge in [0, 0.05) is 12.1 Å². The third-order valence-corrected chi connectivity index (χ3v) is 2.74. The number of aliphatic hydroxyl groups is 1. The fourth-order valence-corrected chi connectivity index (χ4v) is 1.91. The van der Waals surface area contributed by atoms with Crippen molar-refractivity contribution in [3.63, 3.8) is 0 Å². The van der Waals surface area contributed by atoms with Crippen molar-refractivity contribution in [3.05, 3.63) is 70.7 Å². The van der Waals surface area contributed by atoms with E-state index in [1.54, 1.807) is 6.07 Å². The SMILES string of the molecule is CO.O=CC(c1ccccc1)c1cccc(Cl)c1. The molecule has 0 amide bonds. The van der Waals surface area contributed by atoms with Crippen LogP contribution in [0.5, 0.6) is 0 Å². The molecule has 2 rings (SSSR count). The Morgan fingerprint density at radius 1 is 1.00 bits per heavy atom. The topological polar surface area (TPSA) is 37.3 Å². The predicted molar refractivity (Wildman–Crippen MR) is 73.9 cm³/mol. The molecule has 0 saturated heterocycles. The molecule has 0 spiro atoms. The zero-order valence-electron chi connectivity index (χ0n) is 10.1. The molecule has 3 heteroatoms. The molecule has 0 fully saturated rings. The molecule has 0 saturated carbocycles. The number of aldehydes is 1. The Kier molecular flexibility index (Phi) is 6.12. The maximum Gasteiger partial charge on any atom is 0.131 e. The first-order valence-electron chi connectivity index (χ1n) is 5.51. The van der Waals surface area contributed by atoms with E-state index >= 15 is 0 Å². The molecule has 2 aromatic carbocycles. The highest BCUT2D eigenvalue weighted by molar-refractivity contribution is 6.30. The first-order valence-corrected chi connectivity index (χ1v) is 5.89. The lowest BCUT2D eigenvalue weighted by Gasteiger charge is -2.11. The van der Waals surface area contributed by atoms with Gasteiger partial charge in [-0.3, -0.25) is 0 Å². The third kappa shape index (κ3) is 3.69. The van der Waals surface area contributed by atoms with E-state index in [1.165, 1.54) is 0 Å². The number of benzene rings is 2. The van der Waals surface area contributed by atoms with Crippen molar-refractivity contribution in [2.24, 2.45) is 0 Å². The highest BCUT2D eigenvalue weighted by Crippen LogP contribution is 2.24. The second kappa shape index (κ2) is 7.64. The van der Waals surface area contributed by atoms with E-state index in [9.17, 15) is 4.79 Å². The van der Waals surface area contributed by atoms with Gasteiger partial charge in [-0.05, 0) is 23.3 Å². The molecule has 0 aliphatic heterocycles.